The van der Waals surface area contributed by atoms with Crippen LogP contribution in [0.2, 0.25) is 0 Å². The normalized spacial score (nSPS) is 14.3. The van der Waals surface area contributed by atoms with E-state index in [0.29, 0.717) is 17.9 Å². The fourth-order valence-electron chi connectivity index (χ4n) is 2.86. The van der Waals surface area contributed by atoms with Gasteiger partial charge in [0.05, 0.1) is 19.9 Å². The van der Waals surface area contributed by atoms with Gasteiger partial charge < -0.3 is 14.4 Å². The van der Waals surface area contributed by atoms with Crippen LogP contribution in [0.1, 0.15) is 12.8 Å². The molecular formula is C18H19NO3. The van der Waals surface area contributed by atoms with Gasteiger partial charge in [0, 0.05) is 18.5 Å². The highest BCUT2D eigenvalue weighted by molar-refractivity contribution is 5.99. The zero-order chi connectivity index (χ0) is 15.5. The summed E-state index contributed by atoms with van der Waals surface area (Å²) in [6, 6.07) is 13.8. The molecule has 0 saturated carbocycles. The van der Waals surface area contributed by atoms with Crippen LogP contribution in [-0.2, 0) is 4.79 Å². The van der Waals surface area contributed by atoms with Crippen molar-refractivity contribution in [3.8, 4) is 22.6 Å². The number of amides is 1. The summed E-state index contributed by atoms with van der Waals surface area (Å²) in [5, 5.41) is 0. The van der Waals surface area contributed by atoms with Crippen molar-refractivity contribution in [3.05, 3.63) is 42.5 Å². The maximum atomic E-state index is 12.1. The van der Waals surface area contributed by atoms with Gasteiger partial charge in [-0.3, -0.25) is 4.79 Å². The highest BCUT2D eigenvalue weighted by Gasteiger charge is 2.24. The van der Waals surface area contributed by atoms with E-state index < -0.39 is 0 Å². The molecule has 1 fully saturated rings. The molecule has 0 unspecified atom stereocenters. The number of hydrogen-bond donors (Lipinski definition) is 0. The van der Waals surface area contributed by atoms with Crippen LogP contribution in [0, 0.1) is 0 Å². The Hall–Kier alpha value is -2.49. The number of hydrogen-bond acceptors (Lipinski definition) is 3. The van der Waals surface area contributed by atoms with Gasteiger partial charge in [0.25, 0.3) is 0 Å². The van der Waals surface area contributed by atoms with E-state index in [9.17, 15) is 4.79 Å². The third-order valence-corrected chi connectivity index (χ3v) is 3.96. The molecule has 22 heavy (non-hydrogen) atoms. The number of carbonyl (C=O) groups is 1. The highest BCUT2D eigenvalue weighted by atomic mass is 16.5. The largest absolute Gasteiger partial charge is 0.493 e. The molecular weight excluding hydrogens is 278 g/mol. The van der Waals surface area contributed by atoms with Crippen LogP contribution in [-0.4, -0.2) is 26.7 Å². The number of benzene rings is 2. The van der Waals surface area contributed by atoms with Crippen molar-refractivity contribution in [2.45, 2.75) is 12.8 Å². The van der Waals surface area contributed by atoms with Gasteiger partial charge in [-0.1, -0.05) is 24.3 Å². The second kappa shape index (κ2) is 6.10. The maximum absolute atomic E-state index is 12.1. The summed E-state index contributed by atoms with van der Waals surface area (Å²) in [5.74, 6) is 1.57. The maximum Gasteiger partial charge on any atom is 0.227 e. The summed E-state index contributed by atoms with van der Waals surface area (Å²) in [6.45, 7) is 0.781. The Morgan fingerprint density at radius 2 is 1.77 bits per heavy atom. The molecule has 1 saturated heterocycles. The average molecular weight is 297 g/mol. The minimum atomic E-state index is 0.188. The first-order chi connectivity index (χ1) is 10.7. The first kappa shape index (κ1) is 14.4. The summed E-state index contributed by atoms with van der Waals surface area (Å²) < 4.78 is 10.7. The van der Waals surface area contributed by atoms with Gasteiger partial charge in [-0.25, -0.2) is 0 Å². The second-order valence-electron chi connectivity index (χ2n) is 5.24. The molecule has 0 spiro atoms. The molecule has 0 atom stereocenters. The molecule has 0 N–H and O–H groups in total. The Bertz CT molecular complexity index is 696. The number of rotatable bonds is 4. The lowest BCUT2D eigenvalue weighted by Gasteiger charge is -2.20. The van der Waals surface area contributed by atoms with Crippen LogP contribution in [0.5, 0.6) is 11.5 Å². The van der Waals surface area contributed by atoms with Crippen molar-refractivity contribution in [1.82, 2.24) is 0 Å². The lowest BCUT2D eigenvalue weighted by atomic mass is 10.0. The SMILES string of the molecule is COc1ccc(-c2ccccc2N2CCCC2=O)cc1OC. The standard InChI is InChI=1S/C18H19NO3/c1-21-16-10-9-13(12-17(16)22-2)14-6-3-4-7-15(14)19-11-5-8-18(19)20/h3-4,6-7,9-10,12H,5,8,11H2,1-2H3. The number of carbonyl (C=O) groups excluding carboxylic acids is 1. The Morgan fingerprint density at radius 1 is 1.00 bits per heavy atom. The van der Waals surface area contributed by atoms with Crippen molar-refractivity contribution in [2.75, 3.05) is 25.7 Å². The average Bonchev–Trinajstić information content (AvgIpc) is 3.00. The smallest absolute Gasteiger partial charge is 0.227 e. The van der Waals surface area contributed by atoms with Crippen molar-refractivity contribution in [1.29, 1.82) is 0 Å². The predicted molar refractivity (Wildman–Crippen MR) is 86.6 cm³/mol. The van der Waals surface area contributed by atoms with E-state index in [1.54, 1.807) is 14.2 Å². The molecule has 3 rings (SSSR count). The fourth-order valence-corrected chi connectivity index (χ4v) is 2.86. The minimum absolute atomic E-state index is 0.188. The van der Waals surface area contributed by atoms with Gasteiger partial charge >= 0.3 is 0 Å². The van der Waals surface area contributed by atoms with Crippen molar-refractivity contribution < 1.29 is 14.3 Å². The number of anilines is 1. The molecule has 4 nitrogen and oxygen atoms in total. The van der Waals surface area contributed by atoms with Gasteiger partial charge in [-0.15, -0.1) is 0 Å². The number of para-hydroxylation sites is 1. The van der Waals surface area contributed by atoms with Crippen molar-refractivity contribution in [2.24, 2.45) is 0 Å². The van der Waals surface area contributed by atoms with Crippen LogP contribution >= 0.6 is 0 Å². The molecule has 2 aromatic carbocycles. The molecule has 1 amide bonds. The van der Waals surface area contributed by atoms with E-state index in [4.69, 9.17) is 9.47 Å². The highest BCUT2D eigenvalue weighted by Crippen LogP contribution is 2.37. The topological polar surface area (TPSA) is 38.8 Å². The Labute approximate surface area is 130 Å². The lowest BCUT2D eigenvalue weighted by Crippen LogP contribution is -2.24. The van der Waals surface area contributed by atoms with Crippen LogP contribution in [0.25, 0.3) is 11.1 Å². The first-order valence-electron chi connectivity index (χ1n) is 7.36. The summed E-state index contributed by atoms with van der Waals surface area (Å²) >= 11 is 0. The second-order valence-corrected chi connectivity index (χ2v) is 5.24. The summed E-state index contributed by atoms with van der Waals surface area (Å²) in [7, 11) is 3.24. The Balaban J connectivity index is 2.07. The van der Waals surface area contributed by atoms with Gasteiger partial charge in [0.1, 0.15) is 0 Å². The molecule has 0 aliphatic carbocycles. The zero-order valence-electron chi connectivity index (χ0n) is 12.8. The number of ether oxygens (including phenoxy) is 2. The molecule has 1 heterocycles. The third-order valence-electron chi connectivity index (χ3n) is 3.96. The Morgan fingerprint density at radius 3 is 2.45 bits per heavy atom. The molecule has 2 aromatic rings. The van der Waals surface area contributed by atoms with E-state index in [-0.39, 0.29) is 5.91 Å². The van der Waals surface area contributed by atoms with Gasteiger partial charge in [0.15, 0.2) is 11.5 Å². The molecule has 4 heteroatoms. The number of nitrogens with zero attached hydrogens (tertiary/aromatic N) is 1. The summed E-state index contributed by atoms with van der Waals surface area (Å²) in [5.41, 5.74) is 2.99. The Kier molecular flexibility index (Phi) is 4.00. The van der Waals surface area contributed by atoms with Gasteiger partial charge in [-0.2, -0.15) is 0 Å². The molecule has 0 radical (unpaired) electrons. The monoisotopic (exact) mass is 297 g/mol. The van der Waals surface area contributed by atoms with Crippen LogP contribution < -0.4 is 14.4 Å². The quantitative estimate of drug-likeness (QED) is 0.867. The third kappa shape index (κ3) is 2.52. The van der Waals surface area contributed by atoms with Crippen LogP contribution in [0.4, 0.5) is 5.69 Å². The van der Waals surface area contributed by atoms with Gasteiger partial charge in [-0.05, 0) is 30.2 Å². The predicted octanol–water partition coefficient (Wildman–Crippen LogP) is 3.50. The molecule has 1 aliphatic heterocycles. The fraction of sp³-hybridized carbons (Fsp3) is 0.278. The number of methoxy groups -OCH3 is 2. The van der Waals surface area contributed by atoms with Crippen molar-refractivity contribution in [3.63, 3.8) is 0 Å². The van der Waals surface area contributed by atoms with E-state index >= 15 is 0 Å². The molecule has 1 aliphatic rings. The summed E-state index contributed by atoms with van der Waals surface area (Å²) in [4.78, 5) is 13.9. The van der Waals surface area contributed by atoms with E-state index in [1.807, 2.05) is 47.4 Å². The lowest BCUT2D eigenvalue weighted by molar-refractivity contribution is -0.117. The van der Waals surface area contributed by atoms with Crippen LogP contribution in [0.3, 0.4) is 0 Å². The summed E-state index contributed by atoms with van der Waals surface area (Å²) in [6.07, 6.45) is 1.54. The molecule has 0 aromatic heterocycles. The minimum Gasteiger partial charge on any atom is -0.493 e. The van der Waals surface area contributed by atoms with Gasteiger partial charge in [0.2, 0.25) is 5.91 Å². The van der Waals surface area contributed by atoms with E-state index in [1.165, 1.54) is 0 Å². The molecule has 114 valence electrons. The van der Waals surface area contributed by atoms with E-state index in [0.717, 1.165) is 29.8 Å². The van der Waals surface area contributed by atoms with Crippen molar-refractivity contribution >= 4 is 11.6 Å². The first-order valence-corrected chi connectivity index (χ1v) is 7.36. The van der Waals surface area contributed by atoms with E-state index in [2.05, 4.69) is 0 Å². The zero-order valence-corrected chi connectivity index (χ0v) is 12.8. The van der Waals surface area contributed by atoms with Crippen LogP contribution in [0.15, 0.2) is 42.5 Å². The molecule has 0 bridgehead atoms.